The van der Waals surface area contributed by atoms with Gasteiger partial charge in [0, 0.05) is 30.7 Å². The van der Waals surface area contributed by atoms with Gasteiger partial charge in [0.15, 0.2) is 5.78 Å². The van der Waals surface area contributed by atoms with Crippen molar-refractivity contribution in [3.05, 3.63) is 228 Å². The number of carboxylic acids is 1. The molecule has 3 aromatic heterocycles. The van der Waals surface area contributed by atoms with Crippen molar-refractivity contribution in [1.82, 2.24) is 25.6 Å². The molecule has 9 aromatic rings. The van der Waals surface area contributed by atoms with E-state index in [1.165, 1.54) is 50.2 Å². The van der Waals surface area contributed by atoms with Crippen LogP contribution in [-0.2, 0) is 34.9 Å². The van der Waals surface area contributed by atoms with E-state index in [9.17, 15) is 32.3 Å². The molecule has 1 fully saturated rings. The first-order chi connectivity index (χ1) is 45.2. The summed E-state index contributed by atoms with van der Waals surface area (Å²) in [6.45, 7) is 16.6. The number of aromatic nitrogens is 3. The van der Waals surface area contributed by atoms with E-state index in [4.69, 9.17) is 40.1 Å². The molecular formula is C73H78BBrF3N7O10. The summed E-state index contributed by atoms with van der Waals surface area (Å²) in [6, 6.07) is 55.2. The SMILES string of the molecule is CC(=O)N[C@@H](CC(C)C)C(=O)Cc1cccc(-c2ccc(Oc3ccc(F)cc3)cc2)n1.CC(=O)N[C@@H](CC(C)C)C(=O)O.CC1OB(c2ccc(Oc3ccc(F)cc3)cc2)OC1(C)C.Nc1cccc(-c2ccc(Oc3ccc(F)cc3)cc2)n1.Nc1cccc(Br)n1. The maximum Gasteiger partial charge on any atom is 0.494 e. The van der Waals surface area contributed by atoms with E-state index < -0.39 is 18.1 Å². The Morgan fingerprint density at radius 3 is 1.27 bits per heavy atom. The van der Waals surface area contributed by atoms with Gasteiger partial charge in [-0.15, -0.1) is 0 Å². The Morgan fingerprint density at radius 1 is 0.547 bits per heavy atom. The Bertz CT molecular complexity index is 3880. The number of anilines is 2. The number of amides is 2. The van der Waals surface area contributed by atoms with Crippen molar-refractivity contribution >= 4 is 63.7 Å². The topological polar surface area (TPSA) is 249 Å². The van der Waals surface area contributed by atoms with Crippen LogP contribution in [0.3, 0.4) is 0 Å². The minimum Gasteiger partial charge on any atom is -0.480 e. The van der Waals surface area contributed by atoms with E-state index >= 15 is 0 Å². The third-order valence-electron chi connectivity index (χ3n) is 13.8. The second kappa shape index (κ2) is 36.5. The molecule has 1 aliphatic heterocycles. The van der Waals surface area contributed by atoms with Gasteiger partial charge in [0.1, 0.15) is 74.2 Å². The molecule has 4 heterocycles. The van der Waals surface area contributed by atoms with E-state index in [0.717, 1.165) is 32.6 Å². The number of hydrogen-bond donors (Lipinski definition) is 5. The van der Waals surface area contributed by atoms with Crippen LogP contribution in [0.1, 0.15) is 80.8 Å². The fourth-order valence-corrected chi connectivity index (χ4v) is 9.25. The largest absolute Gasteiger partial charge is 0.494 e. The average molecular weight is 1360 g/mol. The minimum absolute atomic E-state index is 0.0349. The molecule has 1 unspecified atom stereocenters. The molecule has 0 spiro atoms. The van der Waals surface area contributed by atoms with Crippen molar-refractivity contribution in [1.29, 1.82) is 0 Å². The van der Waals surface area contributed by atoms with Crippen molar-refractivity contribution < 1.29 is 61.0 Å². The summed E-state index contributed by atoms with van der Waals surface area (Å²) in [5.74, 6) is 2.86. The minimum atomic E-state index is -0.973. The molecule has 6 aromatic carbocycles. The number of carboxylic acid groups (broad SMARTS) is 1. The number of nitrogens with zero attached hydrogens (tertiary/aromatic N) is 3. The molecular weight excluding hydrogens is 1280 g/mol. The van der Waals surface area contributed by atoms with Crippen LogP contribution in [0.15, 0.2) is 205 Å². The van der Waals surface area contributed by atoms with Crippen molar-refractivity contribution in [2.75, 3.05) is 11.5 Å². The monoisotopic (exact) mass is 1360 g/mol. The first-order valence-electron chi connectivity index (χ1n) is 30.5. The number of aliphatic carboxylic acids is 1. The smallest absolute Gasteiger partial charge is 0.480 e. The number of hydrogen-bond acceptors (Lipinski definition) is 14. The highest BCUT2D eigenvalue weighted by molar-refractivity contribution is 9.10. The Kier molecular flexibility index (Phi) is 28.5. The highest BCUT2D eigenvalue weighted by Gasteiger charge is 2.43. The highest BCUT2D eigenvalue weighted by Crippen LogP contribution is 2.30. The number of nitrogens with two attached hydrogens (primary N) is 2. The second-order valence-corrected chi connectivity index (χ2v) is 24.0. The first-order valence-corrected chi connectivity index (χ1v) is 31.3. The number of ketones is 1. The molecule has 17 nitrogen and oxygen atoms in total. The number of pyridine rings is 3. The van der Waals surface area contributed by atoms with Crippen molar-refractivity contribution in [3.63, 3.8) is 0 Å². The zero-order valence-electron chi connectivity index (χ0n) is 54.3. The highest BCUT2D eigenvalue weighted by atomic mass is 79.9. The molecule has 1 aliphatic rings. The predicted molar refractivity (Wildman–Crippen MR) is 368 cm³/mol. The molecule has 0 radical (unpaired) electrons. The van der Waals surface area contributed by atoms with Crippen LogP contribution < -0.4 is 41.8 Å². The third kappa shape index (κ3) is 26.2. The van der Waals surface area contributed by atoms with Crippen LogP contribution in [0.25, 0.3) is 22.5 Å². The summed E-state index contributed by atoms with van der Waals surface area (Å²) < 4.78 is 68.3. The van der Waals surface area contributed by atoms with E-state index in [0.29, 0.717) is 64.7 Å². The van der Waals surface area contributed by atoms with Crippen LogP contribution in [0, 0.1) is 29.3 Å². The van der Waals surface area contributed by atoms with Gasteiger partial charge in [-0.1, -0.05) is 58.0 Å². The number of nitrogen functional groups attached to an aromatic ring is 2. The maximum absolute atomic E-state index is 13.0. The Morgan fingerprint density at radius 2 is 0.916 bits per heavy atom. The summed E-state index contributed by atoms with van der Waals surface area (Å²) in [4.78, 5) is 58.1. The Hall–Kier alpha value is -9.90. The Labute approximate surface area is 561 Å². The predicted octanol–water partition coefficient (Wildman–Crippen LogP) is 15.2. The van der Waals surface area contributed by atoms with Crippen molar-refractivity contribution in [2.45, 2.75) is 105 Å². The molecule has 7 N–H and O–H groups in total. The zero-order chi connectivity index (χ0) is 69.2. The summed E-state index contributed by atoms with van der Waals surface area (Å²) in [5, 5.41) is 13.8. The van der Waals surface area contributed by atoms with Gasteiger partial charge in [0.25, 0.3) is 0 Å². The quantitative estimate of drug-likeness (QED) is 0.0373. The van der Waals surface area contributed by atoms with Gasteiger partial charge in [0.2, 0.25) is 11.8 Å². The number of halogens is 4. The van der Waals surface area contributed by atoms with Gasteiger partial charge in [-0.05, 0) is 237 Å². The van der Waals surface area contributed by atoms with E-state index in [1.54, 1.807) is 48.5 Å². The van der Waals surface area contributed by atoms with E-state index in [-0.39, 0.29) is 72.1 Å². The molecule has 10 rings (SSSR count). The summed E-state index contributed by atoms with van der Waals surface area (Å²) in [5.41, 5.74) is 15.7. The number of ether oxygens (including phenoxy) is 3. The number of rotatable bonds is 19. The van der Waals surface area contributed by atoms with Crippen LogP contribution >= 0.6 is 15.9 Å². The molecule has 496 valence electrons. The average Bonchev–Trinajstić information content (AvgIpc) is 1.73. The van der Waals surface area contributed by atoms with Gasteiger partial charge in [-0.25, -0.2) is 27.9 Å². The Balaban J connectivity index is 0.000000201. The van der Waals surface area contributed by atoms with Gasteiger partial charge >= 0.3 is 13.1 Å². The van der Waals surface area contributed by atoms with Crippen LogP contribution in [0.5, 0.6) is 34.5 Å². The lowest BCUT2D eigenvalue weighted by Gasteiger charge is -2.21. The molecule has 1 saturated heterocycles. The second-order valence-electron chi connectivity index (χ2n) is 23.2. The lowest BCUT2D eigenvalue weighted by molar-refractivity contribution is -0.142. The van der Waals surface area contributed by atoms with Gasteiger partial charge in [-0.2, -0.15) is 0 Å². The van der Waals surface area contributed by atoms with E-state index in [1.807, 2.05) is 164 Å². The third-order valence-corrected chi connectivity index (χ3v) is 14.3. The molecule has 0 saturated carbocycles. The van der Waals surface area contributed by atoms with Crippen molar-refractivity contribution in [3.8, 4) is 57.0 Å². The molecule has 22 heteroatoms. The molecule has 0 bridgehead atoms. The molecule has 0 aliphatic carbocycles. The fourth-order valence-electron chi connectivity index (χ4n) is 8.89. The number of Topliss-reactive ketones (excluding diaryl/α,β-unsaturated/α-hetero) is 1. The fraction of sp³-hybridized carbons (Fsp3) is 0.247. The van der Waals surface area contributed by atoms with Crippen LogP contribution in [0.4, 0.5) is 24.8 Å². The maximum atomic E-state index is 13.0. The normalized spacial score (nSPS) is 13.3. The van der Waals surface area contributed by atoms with Gasteiger partial charge in [-0.3, -0.25) is 19.4 Å². The van der Waals surface area contributed by atoms with Crippen LogP contribution in [0.2, 0.25) is 0 Å². The standard InChI is InChI=1S/C26H27FN2O3.C17H18BFO3.C17H13FN2O.C8H15NO3.C5H5BrN2/c1-17(2)15-25(28-18(3)30)26(31)16-21-5-4-6-24(29-21)19-7-11-22(12-8-19)32-23-13-9-20(27)10-14-23;1-12-17(2,3)22-18(21-12)13-4-8-15(9-5-13)20-16-10-6-14(19)7-11-16;18-13-6-10-15(11-7-13)21-14-8-4-12(5-9-14)16-2-1-3-17(19)20-16;1-5(2)4-7(8(11)12)9-6(3)10;6-4-2-1-3-5(7)8-4/h4-14,17,25H,15-16H2,1-3H3,(H,28,30);4-12H,1-3H3;1-11H,(H2,19,20);5,7H,4H2,1-3H3,(H,9,10)(H,11,12);1-3H,(H2,7,8)/t25-;;;7-;/m0..0./s1. The number of carbonyl (C=O) groups is 4. The summed E-state index contributed by atoms with van der Waals surface area (Å²) in [6.07, 6.45) is 1.24. The first kappa shape index (κ1) is 74.1. The van der Waals surface area contributed by atoms with Gasteiger partial charge < -0.3 is 50.7 Å². The van der Waals surface area contributed by atoms with E-state index in [2.05, 4.69) is 41.5 Å². The lowest BCUT2D eigenvalue weighted by Crippen LogP contribution is -2.41. The van der Waals surface area contributed by atoms with Crippen LogP contribution in [-0.4, -0.2) is 74.5 Å². The zero-order valence-corrected chi connectivity index (χ0v) is 55.9. The number of carbonyl (C=O) groups excluding carboxylic acids is 3. The number of benzene rings is 6. The molecule has 2 amide bonds. The van der Waals surface area contributed by atoms with Crippen molar-refractivity contribution in [2.24, 2.45) is 11.8 Å². The lowest BCUT2D eigenvalue weighted by atomic mass is 9.79. The summed E-state index contributed by atoms with van der Waals surface area (Å²) >= 11 is 3.17. The number of nitrogens with one attached hydrogen (secondary N) is 2. The molecule has 3 atom stereocenters. The molecule has 95 heavy (non-hydrogen) atoms. The summed E-state index contributed by atoms with van der Waals surface area (Å²) in [7, 11) is -0.357. The van der Waals surface area contributed by atoms with Gasteiger partial charge in [0.05, 0.1) is 35.6 Å².